The Hall–Kier alpha value is -4.58. The fourth-order valence-electron chi connectivity index (χ4n) is 4.31. The molecule has 9 nitrogen and oxygen atoms in total. The molecule has 0 amide bonds. The lowest BCUT2D eigenvalue weighted by Gasteiger charge is -2.11. The Balaban J connectivity index is 1.38. The van der Waals surface area contributed by atoms with E-state index < -0.39 is 0 Å². The Morgan fingerprint density at radius 1 is 1.09 bits per heavy atom. The number of nitrogens with one attached hydrogen (secondary N) is 1. The van der Waals surface area contributed by atoms with Crippen molar-refractivity contribution in [2.45, 2.75) is 33.2 Å². The van der Waals surface area contributed by atoms with Crippen LogP contribution in [0.15, 0.2) is 55.1 Å². The maximum absolute atomic E-state index is 9.14. The lowest BCUT2D eigenvalue weighted by atomic mass is 10.1. The van der Waals surface area contributed by atoms with Gasteiger partial charge < -0.3 is 5.32 Å². The molecule has 1 aliphatic rings. The molecule has 9 heteroatoms. The average molecular weight is 462 g/mol. The molecule has 172 valence electrons. The van der Waals surface area contributed by atoms with Crippen molar-refractivity contribution < 1.29 is 0 Å². The van der Waals surface area contributed by atoms with E-state index in [1.807, 2.05) is 48.0 Å². The van der Waals surface area contributed by atoms with Gasteiger partial charge in [-0.2, -0.15) is 15.5 Å². The van der Waals surface area contributed by atoms with Crippen molar-refractivity contribution in [1.29, 1.82) is 5.26 Å². The minimum Gasteiger partial charge on any atom is -0.325 e. The summed E-state index contributed by atoms with van der Waals surface area (Å²) in [6.07, 6.45) is 7.55. The van der Waals surface area contributed by atoms with Crippen molar-refractivity contribution in [2.75, 3.05) is 5.32 Å². The third-order valence-electron chi connectivity index (χ3n) is 6.39. The van der Waals surface area contributed by atoms with Crippen LogP contribution in [0.2, 0.25) is 0 Å². The van der Waals surface area contributed by atoms with Gasteiger partial charge in [-0.1, -0.05) is 12.1 Å². The second-order valence-corrected chi connectivity index (χ2v) is 8.91. The van der Waals surface area contributed by atoms with Crippen molar-refractivity contribution in [1.82, 2.24) is 34.5 Å². The molecule has 0 aliphatic heterocycles. The fourth-order valence-corrected chi connectivity index (χ4v) is 4.31. The molecule has 1 aliphatic carbocycles. The first kappa shape index (κ1) is 21.0. The van der Waals surface area contributed by atoms with Crippen LogP contribution >= 0.6 is 0 Å². The van der Waals surface area contributed by atoms with Gasteiger partial charge in [0.05, 0.1) is 34.7 Å². The number of fused-ring (bicyclic) bond motifs is 1. The van der Waals surface area contributed by atoms with Crippen LogP contribution in [0.4, 0.5) is 11.6 Å². The standard InChI is InChI=1S/C26H23N9/c1-16-25(20-7-5-18(12-27)6-8-20)33-34(14-19-3-4-19)26(16)31-23-11-24(30-15-29-23)35-22-13-28-10-9-21(22)17(2)32-35/h5-11,13,15,19H,3-4,14H2,1-2H3,(H,29,30,31). The topological polar surface area (TPSA) is 110 Å². The summed E-state index contributed by atoms with van der Waals surface area (Å²) < 4.78 is 3.83. The van der Waals surface area contributed by atoms with Gasteiger partial charge in [-0.05, 0) is 50.8 Å². The first-order valence-electron chi connectivity index (χ1n) is 11.6. The number of aryl methyl sites for hydroxylation is 1. The number of hydrogen-bond acceptors (Lipinski definition) is 7. The first-order valence-corrected chi connectivity index (χ1v) is 11.6. The van der Waals surface area contributed by atoms with Crippen LogP contribution in [0.25, 0.3) is 28.0 Å². The van der Waals surface area contributed by atoms with Gasteiger partial charge in [-0.15, -0.1) is 0 Å². The highest BCUT2D eigenvalue weighted by molar-refractivity contribution is 5.82. The van der Waals surface area contributed by atoms with Crippen LogP contribution in [0.1, 0.15) is 29.7 Å². The monoisotopic (exact) mass is 461 g/mol. The van der Waals surface area contributed by atoms with Gasteiger partial charge in [0.1, 0.15) is 18.0 Å². The van der Waals surface area contributed by atoms with Gasteiger partial charge in [-0.25, -0.2) is 19.3 Å². The number of nitriles is 1. The summed E-state index contributed by atoms with van der Waals surface area (Å²) in [5.74, 6) is 2.87. The number of nitrogens with zero attached hydrogens (tertiary/aromatic N) is 8. The molecule has 4 heterocycles. The van der Waals surface area contributed by atoms with E-state index in [-0.39, 0.29) is 0 Å². The van der Waals surface area contributed by atoms with E-state index in [0.29, 0.717) is 23.1 Å². The van der Waals surface area contributed by atoms with E-state index in [0.717, 1.165) is 45.8 Å². The number of hydrogen-bond donors (Lipinski definition) is 1. The third kappa shape index (κ3) is 3.89. The quantitative estimate of drug-likeness (QED) is 0.390. The van der Waals surface area contributed by atoms with Crippen LogP contribution in [0.5, 0.6) is 0 Å². The minimum atomic E-state index is 0.632. The Bertz CT molecular complexity index is 1580. The molecular formula is C26H23N9. The molecule has 0 spiro atoms. The summed E-state index contributed by atoms with van der Waals surface area (Å²) in [6.45, 7) is 4.89. The highest BCUT2D eigenvalue weighted by Crippen LogP contribution is 2.35. The van der Waals surface area contributed by atoms with Crippen molar-refractivity contribution in [2.24, 2.45) is 5.92 Å². The van der Waals surface area contributed by atoms with E-state index in [2.05, 4.69) is 38.4 Å². The summed E-state index contributed by atoms with van der Waals surface area (Å²) in [4.78, 5) is 13.2. The molecule has 5 aromatic rings. The highest BCUT2D eigenvalue weighted by Gasteiger charge is 2.25. The van der Waals surface area contributed by atoms with E-state index >= 15 is 0 Å². The number of anilines is 2. The molecule has 4 aromatic heterocycles. The van der Waals surface area contributed by atoms with Crippen molar-refractivity contribution in [3.05, 3.63) is 71.9 Å². The lowest BCUT2D eigenvalue weighted by molar-refractivity contribution is 0.571. The zero-order chi connectivity index (χ0) is 23.9. The minimum absolute atomic E-state index is 0.632. The van der Waals surface area contributed by atoms with Crippen molar-refractivity contribution in [3.63, 3.8) is 0 Å². The number of rotatable bonds is 6. The summed E-state index contributed by atoms with van der Waals surface area (Å²) >= 11 is 0. The predicted molar refractivity (Wildman–Crippen MR) is 132 cm³/mol. The fraction of sp³-hybridized carbons (Fsp3) is 0.231. The van der Waals surface area contributed by atoms with Gasteiger partial charge in [0.25, 0.3) is 0 Å². The van der Waals surface area contributed by atoms with Crippen LogP contribution in [0, 0.1) is 31.1 Å². The predicted octanol–water partition coefficient (Wildman–Crippen LogP) is 4.72. The first-order chi connectivity index (χ1) is 17.1. The smallest absolute Gasteiger partial charge is 0.159 e. The zero-order valence-electron chi connectivity index (χ0n) is 19.5. The second-order valence-electron chi connectivity index (χ2n) is 8.91. The second kappa shape index (κ2) is 8.33. The van der Waals surface area contributed by atoms with Gasteiger partial charge in [0.15, 0.2) is 5.82 Å². The zero-order valence-corrected chi connectivity index (χ0v) is 19.5. The largest absolute Gasteiger partial charge is 0.325 e. The van der Waals surface area contributed by atoms with Crippen molar-refractivity contribution >= 4 is 22.5 Å². The SMILES string of the molecule is Cc1c(-c2ccc(C#N)cc2)nn(CC2CC2)c1Nc1cc(-n2nc(C)c3ccncc32)ncn1. The number of benzene rings is 1. The molecule has 0 unspecified atom stereocenters. The molecule has 0 saturated heterocycles. The Morgan fingerprint density at radius 3 is 2.69 bits per heavy atom. The number of pyridine rings is 1. The molecule has 6 rings (SSSR count). The van der Waals surface area contributed by atoms with E-state index in [1.165, 1.54) is 19.2 Å². The van der Waals surface area contributed by atoms with Gasteiger partial charge in [0, 0.05) is 35.3 Å². The molecule has 1 fully saturated rings. The maximum atomic E-state index is 9.14. The normalized spacial score (nSPS) is 13.2. The van der Waals surface area contributed by atoms with Crippen LogP contribution in [-0.2, 0) is 6.54 Å². The van der Waals surface area contributed by atoms with Crippen LogP contribution < -0.4 is 5.32 Å². The third-order valence-corrected chi connectivity index (χ3v) is 6.39. The van der Waals surface area contributed by atoms with Gasteiger partial charge >= 0.3 is 0 Å². The Labute approximate surface area is 202 Å². The van der Waals surface area contributed by atoms with Gasteiger partial charge in [-0.3, -0.25) is 4.98 Å². The average Bonchev–Trinajstić information content (AvgIpc) is 3.58. The Morgan fingerprint density at radius 2 is 1.91 bits per heavy atom. The summed E-state index contributed by atoms with van der Waals surface area (Å²) in [5.41, 5.74) is 5.35. The summed E-state index contributed by atoms with van der Waals surface area (Å²) in [6, 6.07) is 13.5. The molecule has 1 N–H and O–H groups in total. The Kier molecular flexibility index (Phi) is 4.99. The highest BCUT2D eigenvalue weighted by atomic mass is 15.4. The molecular weight excluding hydrogens is 438 g/mol. The van der Waals surface area contributed by atoms with Crippen LogP contribution in [0.3, 0.4) is 0 Å². The van der Waals surface area contributed by atoms with E-state index in [9.17, 15) is 0 Å². The summed E-state index contributed by atoms with van der Waals surface area (Å²) in [5, 5.41) is 23.3. The molecule has 0 atom stereocenters. The molecule has 1 aromatic carbocycles. The lowest BCUT2D eigenvalue weighted by Crippen LogP contribution is -2.09. The molecule has 1 saturated carbocycles. The van der Waals surface area contributed by atoms with Gasteiger partial charge in [0.2, 0.25) is 0 Å². The van der Waals surface area contributed by atoms with E-state index in [1.54, 1.807) is 17.1 Å². The maximum Gasteiger partial charge on any atom is 0.159 e. The number of aromatic nitrogens is 7. The molecule has 0 bridgehead atoms. The van der Waals surface area contributed by atoms with Crippen molar-refractivity contribution in [3.8, 4) is 23.1 Å². The molecule has 35 heavy (non-hydrogen) atoms. The summed E-state index contributed by atoms with van der Waals surface area (Å²) in [7, 11) is 0. The van der Waals surface area contributed by atoms with E-state index in [4.69, 9.17) is 10.4 Å². The molecule has 0 radical (unpaired) electrons. The van der Waals surface area contributed by atoms with Crippen LogP contribution in [-0.4, -0.2) is 34.5 Å².